The molecule has 2 rings (SSSR count). The van der Waals surface area contributed by atoms with Gasteiger partial charge < -0.3 is 19.9 Å². The summed E-state index contributed by atoms with van der Waals surface area (Å²) in [6.07, 6.45) is 1.52. The Labute approximate surface area is 137 Å². The zero-order valence-electron chi connectivity index (χ0n) is 13.1. The van der Waals surface area contributed by atoms with Gasteiger partial charge >= 0.3 is 11.9 Å². The molecule has 1 aromatic carbocycles. The molecule has 0 radical (unpaired) electrons. The normalized spacial score (nSPS) is 11.6. The van der Waals surface area contributed by atoms with Crippen molar-refractivity contribution in [3.05, 3.63) is 36.0 Å². The summed E-state index contributed by atoms with van der Waals surface area (Å²) < 4.78 is 10.1. The van der Waals surface area contributed by atoms with Gasteiger partial charge in [0.25, 0.3) is 0 Å². The van der Waals surface area contributed by atoms with Crippen molar-refractivity contribution < 1.29 is 29.0 Å². The molecule has 0 saturated heterocycles. The molecule has 1 unspecified atom stereocenters. The van der Waals surface area contributed by atoms with Crippen LogP contribution in [-0.2, 0) is 25.7 Å². The van der Waals surface area contributed by atoms with Gasteiger partial charge in [0.05, 0.1) is 12.6 Å². The van der Waals surface area contributed by atoms with Crippen molar-refractivity contribution in [3.8, 4) is 5.75 Å². The highest BCUT2D eigenvalue weighted by Gasteiger charge is 2.28. The number of carbonyl (C=O) groups excluding carboxylic acids is 2. The summed E-state index contributed by atoms with van der Waals surface area (Å²) in [7, 11) is 1.55. The number of carboxylic acids is 1. The summed E-state index contributed by atoms with van der Waals surface area (Å²) >= 11 is 0. The van der Waals surface area contributed by atoms with Crippen LogP contribution in [0.15, 0.2) is 30.5 Å². The molecule has 126 valence electrons. The Balaban J connectivity index is 2.10. The number of carboxylic acid groups (broad SMARTS) is 1. The SMILES string of the molecule is COc1ccc2ncc(COC(=O)C(NC(C)=O)C(=O)O)cc2c1. The van der Waals surface area contributed by atoms with E-state index in [4.69, 9.17) is 14.6 Å². The van der Waals surface area contributed by atoms with Gasteiger partial charge in [-0.25, -0.2) is 9.59 Å². The van der Waals surface area contributed by atoms with Crippen LogP contribution in [0.1, 0.15) is 12.5 Å². The molecule has 1 heterocycles. The quantitative estimate of drug-likeness (QED) is 0.596. The number of aromatic nitrogens is 1. The Kier molecular flexibility index (Phi) is 5.31. The zero-order valence-corrected chi connectivity index (χ0v) is 13.1. The number of methoxy groups -OCH3 is 1. The number of rotatable bonds is 6. The number of hydrogen-bond donors (Lipinski definition) is 2. The van der Waals surface area contributed by atoms with Crippen LogP contribution >= 0.6 is 0 Å². The number of aliphatic carboxylic acids is 1. The number of nitrogens with zero attached hydrogens (tertiary/aromatic N) is 1. The lowest BCUT2D eigenvalue weighted by Gasteiger charge is -2.12. The average Bonchev–Trinajstić information content (AvgIpc) is 2.56. The second kappa shape index (κ2) is 7.40. The third-order valence-electron chi connectivity index (χ3n) is 3.16. The molecule has 2 N–H and O–H groups in total. The van der Waals surface area contributed by atoms with Crippen LogP contribution in [0, 0.1) is 0 Å². The standard InChI is InChI=1S/C16H16N2O6/c1-9(19)18-14(15(20)21)16(22)24-8-10-5-11-6-12(23-2)3-4-13(11)17-7-10/h3-7,14H,8H2,1-2H3,(H,18,19)(H,20,21). The number of amides is 1. The molecule has 0 fully saturated rings. The first-order chi connectivity index (χ1) is 11.4. The second-order valence-corrected chi connectivity index (χ2v) is 4.98. The maximum Gasteiger partial charge on any atom is 0.340 e. The molecule has 0 aliphatic rings. The molecule has 0 aliphatic heterocycles. The number of nitrogens with one attached hydrogen (secondary N) is 1. The van der Waals surface area contributed by atoms with Crippen LogP contribution < -0.4 is 10.1 Å². The summed E-state index contributed by atoms with van der Waals surface area (Å²) in [6.45, 7) is 0.951. The highest BCUT2D eigenvalue weighted by molar-refractivity contribution is 6.01. The van der Waals surface area contributed by atoms with E-state index < -0.39 is 23.9 Å². The fraction of sp³-hybridized carbons (Fsp3) is 0.250. The minimum Gasteiger partial charge on any atom is -0.497 e. The number of pyridine rings is 1. The van der Waals surface area contributed by atoms with Gasteiger partial charge in [-0.15, -0.1) is 0 Å². The van der Waals surface area contributed by atoms with E-state index in [1.54, 1.807) is 31.4 Å². The van der Waals surface area contributed by atoms with Crippen molar-refractivity contribution in [3.63, 3.8) is 0 Å². The number of carbonyl (C=O) groups is 3. The largest absolute Gasteiger partial charge is 0.497 e. The first-order valence-electron chi connectivity index (χ1n) is 7.00. The van der Waals surface area contributed by atoms with Crippen LogP contribution in [0.25, 0.3) is 10.9 Å². The van der Waals surface area contributed by atoms with Crippen molar-refractivity contribution in [2.75, 3.05) is 7.11 Å². The van der Waals surface area contributed by atoms with Crippen molar-refractivity contribution in [1.82, 2.24) is 10.3 Å². The molecule has 0 bridgehead atoms. The first-order valence-corrected chi connectivity index (χ1v) is 7.00. The molecule has 0 spiro atoms. The molecular formula is C16H16N2O6. The Morgan fingerprint density at radius 1 is 1.29 bits per heavy atom. The molecule has 0 saturated carbocycles. The predicted molar refractivity (Wildman–Crippen MR) is 83.3 cm³/mol. The van der Waals surface area contributed by atoms with Crippen molar-refractivity contribution >= 4 is 28.7 Å². The van der Waals surface area contributed by atoms with Crippen LogP contribution in [0.2, 0.25) is 0 Å². The summed E-state index contributed by atoms with van der Waals surface area (Å²) in [4.78, 5) is 38.0. The van der Waals surface area contributed by atoms with Crippen LogP contribution in [0.5, 0.6) is 5.75 Å². The van der Waals surface area contributed by atoms with Gasteiger partial charge in [-0.2, -0.15) is 0 Å². The number of hydrogen-bond acceptors (Lipinski definition) is 6. The van der Waals surface area contributed by atoms with Gasteiger partial charge in [0.2, 0.25) is 11.9 Å². The molecule has 1 atom stereocenters. The minimum absolute atomic E-state index is 0.164. The number of benzene rings is 1. The predicted octanol–water partition coefficient (Wildman–Crippen LogP) is 0.876. The van der Waals surface area contributed by atoms with E-state index in [1.165, 1.54) is 6.20 Å². The summed E-state index contributed by atoms with van der Waals surface area (Å²) in [5, 5.41) is 11.8. The molecule has 24 heavy (non-hydrogen) atoms. The fourth-order valence-corrected chi connectivity index (χ4v) is 2.02. The number of esters is 1. The van der Waals surface area contributed by atoms with Crippen molar-refractivity contribution in [1.29, 1.82) is 0 Å². The van der Waals surface area contributed by atoms with Crippen LogP contribution in [0.4, 0.5) is 0 Å². The minimum atomic E-state index is -1.74. The lowest BCUT2D eigenvalue weighted by Crippen LogP contribution is -2.46. The van der Waals surface area contributed by atoms with Gasteiger partial charge in [-0.05, 0) is 24.3 Å². The van der Waals surface area contributed by atoms with Gasteiger partial charge in [0.1, 0.15) is 12.4 Å². The lowest BCUT2D eigenvalue weighted by atomic mass is 10.1. The summed E-state index contributed by atoms with van der Waals surface area (Å²) in [6, 6.07) is 5.37. The second-order valence-electron chi connectivity index (χ2n) is 4.98. The van der Waals surface area contributed by atoms with Crippen LogP contribution in [-0.4, -0.2) is 41.1 Å². The lowest BCUT2D eigenvalue weighted by molar-refractivity contribution is -0.157. The summed E-state index contributed by atoms with van der Waals surface area (Å²) in [5.41, 5.74) is 1.32. The zero-order chi connectivity index (χ0) is 17.7. The fourth-order valence-electron chi connectivity index (χ4n) is 2.02. The van der Waals surface area contributed by atoms with Gasteiger partial charge in [-0.3, -0.25) is 9.78 Å². The van der Waals surface area contributed by atoms with E-state index in [9.17, 15) is 14.4 Å². The molecule has 2 aromatic rings. The van der Waals surface area contributed by atoms with E-state index in [-0.39, 0.29) is 6.61 Å². The molecule has 0 aliphatic carbocycles. The first kappa shape index (κ1) is 17.2. The van der Waals surface area contributed by atoms with E-state index in [0.29, 0.717) is 11.3 Å². The Bertz CT molecular complexity index is 789. The highest BCUT2D eigenvalue weighted by atomic mass is 16.5. The van der Waals surface area contributed by atoms with E-state index >= 15 is 0 Å². The third-order valence-corrected chi connectivity index (χ3v) is 3.16. The monoisotopic (exact) mass is 332 g/mol. The smallest absolute Gasteiger partial charge is 0.340 e. The number of ether oxygens (including phenoxy) is 2. The van der Waals surface area contributed by atoms with E-state index in [2.05, 4.69) is 4.98 Å². The van der Waals surface area contributed by atoms with Crippen molar-refractivity contribution in [2.45, 2.75) is 19.6 Å². The third kappa shape index (κ3) is 4.19. The number of fused-ring (bicyclic) bond motifs is 1. The molecular weight excluding hydrogens is 316 g/mol. The maximum atomic E-state index is 11.8. The van der Waals surface area contributed by atoms with Gasteiger partial charge in [-0.1, -0.05) is 0 Å². The Hall–Kier alpha value is -3.16. The van der Waals surface area contributed by atoms with Crippen molar-refractivity contribution in [2.24, 2.45) is 0 Å². The van der Waals surface area contributed by atoms with E-state index in [0.717, 1.165) is 17.8 Å². The molecule has 8 nitrogen and oxygen atoms in total. The highest BCUT2D eigenvalue weighted by Crippen LogP contribution is 2.20. The Morgan fingerprint density at radius 3 is 2.67 bits per heavy atom. The van der Waals surface area contributed by atoms with E-state index in [1.807, 2.05) is 5.32 Å². The van der Waals surface area contributed by atoms with Crippen LogP contribution in [0.3, 0.4) is 0 Å². The molecule has 8 heteroatoms. The maximum absolute atomic E-state index is 11.8. The molecule has 1 amide bonds. The average molecular weight is 332 g/mol. The van der Waals surface area contributed by atoms with Gasteiger partial charge in [0.15, 0.2) is 0 Å². The van der Waals surface area contributed by atoms with Gasteiger partial charge in [0, 0.05) is 24.1 Å². The Morgan fingerprint density at radius 2 is 2.04 bits per heavy atom. The summed E-state index contributed by atoms with van der Waals surface area (Å²) in [5.74, 6) is -2.52. The molecule has 1 aromatic heterocycles. The topological polar surface area (TPSA) is 115 Å².